The van der Waals surface area contributed by atoms with Gasteiger partial charge in [-0.1, -0.05) is 43.7 Å². The predicted molar refractivity (Wildman–Crippen MR) is 194 cm³/mol. The van der Waals surface area contributed by atoms with E-state index in [1.807, 2.05) is 17.0 Å². The maximum absolute atomic E-state index is 12.1. The first kappa shape index (κ1) is 43.3. The van der Waals surface area contributed by atoms with Crippen molar-refractivity contribution in [2.45, 2.75) is 50.8 Å². The molecule has 0 radical (unpaired) electrons. The number of aryl methyl sites for hydroxylation is 1. The molecule has 5 atom stereocenters. The Hall–Kier alpha value is -2.38. The smallest absolute Gasteiger partial charge is 0.340 e. The number of nitrogens with zero attached hydrogens (tertiary/aromatic N) is 5. The van der Waals surface area contributed by atoms with Gasteiger partial charge >= 0.3 is 15.2 Å². The summed E-state index contributed by atoms with van der Waals surface area (Å²) in [4.78, 5) is 38.8. The summed E-state index contributed by atoms with van der Waals surface area (Å²) in [5.41, 5.74) is 2.38. The van der Waals surface area contributed by atoms with Gasteiger partial charge in [-0.05, 0) is 29.1 Å². The third kappa shape index (κ3) is 13.7. The van der Waals surface area contributed by atoms with Gasteiger partial charge in [0.2, 0.25) is 5.28 Å². The molecule has 1 aliphatic heterocycles. The Morgan fingerprint density at radius 1 is 0.943 bits per heavy atom. The first-order chi connectivity index (χ1) is 25.3. The quantitative estimate of drug-likeness (QED) is 0.0358. The van der Waals surface area contributed by atoms with E-state index in [2.05, 4.69) is 40.7 Å². The summed E-state index contributed by atoms with van der Waals surface area (Å²) in [6.07, 6.45) is -0.782. The number of anilines is 1. The fourth-order valence-corrected chi connectivity index (χ4v) is 8.16. The van der Waals surface area contributed by atoms with Gasteiger partial charge in [0.25, 0.3) is 0 Å². The van der Waals surface area contributed by atoms with E-state index in [0.717, 1.165) is 18.4 Å². The van der Waals surface area contributed by atoms with Gasteiger partial charge in [0.1, 0.15) is 24.1 Å². The van der Waals surface area contributed by atoms with E-state index in [-0.39, 0.29) is 10.9 Å². The third-order valence-corrected chi connectivity index (χ3v) is 11.5. The van der Waals surface area contributed by atoms with Gasteiger partial charge in [0.05, 0.1) is 71.0 Å². The highest BCUT2D eigenvalue weighted by atomic mass is 35.5. The summed E-state index contributed by atoms with van der Waals surface area (Å²) >= 11 is 6.44. The zero-order valence-electron chi connectivity index (χ0n) is 29.4. The van der Waals surface area contributed by atoms with Crippen molar-refractivity contribution in [1.82, 2.24) is 19.7 Å². The van der Waals surface area contributed by atoms with Crippen LogP contribution < -0.4 is 4.90 Å². The summed E-state index contributed by atoms with van der Waals surface area (Å²) in [6.45, 7) is 9.05. The number of benzene rings is 1. The third-order valence-electron chi connectivity index (χ3n) is 7.88. The molecule has 0 bridgehead atoms. The first-order valence-corrected chi connectivity index (χ1v) is 20.9. The number of fused-ring (bicyclic) bond motifs is 1. The van der Waals surface area contributed by atoms with Crippen LogP contribution in [-0.2, 0) is 50.3 Å². The molecule has 1 fully saturated rings. The molecular formula is C32H48ClN5O13P2. The molecule has 18 nitrogen and oxygen atoms in total. The Labute approximate surface area is 312 Å². The molecule has 0 amide bonds. The van der Waals surface area contributed by atoms with Crippen LogP contribution in [0, 0.1) is 0 Å². The minimum atomic E-state index is -4.88. The zero-order valence-corrected chi connectivity index (χ0v) is 31.9. The lowest BCUT2D eigenvalue weighted by Crippen LogP contribution is -2.33. The number of aliphatic hydroxyl groups is 2. The first-order valence-electron chi connectivity index (χ1n) is 17.0. The van der Waals surface area contributed by atoms with Crippen LogP contribution in [0.4, 0.5) is 5.82 Å². The fraction of sp³-hybridized carbons (Fsp3) is 0.594. The van der Waals surface area contributed by atoms with Crippen LogP contribution in [0.1, 0.15) is 30.7 Å². The van der Waals surface area contributed by atoms with Crippen molar-refractivity contribution in [2.75, 3.05) is 76.8 Å². The van der Waals surface area contributed by atoms with Gasteiger partial charge < -0.3 is 58.0 Å². The highest BCUT2D eigenvalue weighted by Crippen LogP contribution is 2.55. The lowest BCUT2D eigenvalue weighted by molar-refractivity contribution is -0.0541. The Morgan fingerprint density at radius 2 is 1.57 bits per heavy atom. The molecule has 1 aliphatic rings. The van der Waals surface area contributed by atoms with Gasteiger partial charge in [0.15, 0.2) is 17.8 Å². The Balaban J connectivity index is 1.44. The summed E-state index contributed by atoms with van der Waals surface area (Å²) < 4.78 is 57.3. The van der Waals surface area contributed by atoms with Crippen LogP contribution in [0.2, 0.25) is 5.28 Å². The van der Waals surface area contributed by atoms with Gasteiger partial charge in [-0.3, -0.25) is 9.13 Å². The SMILES string of the molecule is C=CCOCCOCCOCCOCCN(Cc1ccc(CCC)cc1)c1nc(Cl)nc2c1cnn2[C@@H]1O[C@H](COP(=O)(O)CP(=O)(O)O)[C@@H](O)[C@H]1O. The monoisotopic (exact) mass is 807 g/mol. The lowest BCUT2D eigenvalue weighted by Gasteiger charge is -2.25. The van der Waals surface area contributed by atoms with Crippen molar-refractivity contribution in [3.05, 3.63) is 59.5 Å². The maximum atomic E-state index is 12.1. The van der Waals surface area contributed by atoms with E-state index < -0.39 is 52.2 Å². The average molecular weight is 808 g/mol. The van der Waals surface area contributed by atoms with Gasteiger partial charge in [-0.25, -0.2) is 4.68 Å². The van der Waals surface area contributed by atoms with Gasteiger partial charge in [-0.2, -0.15) is 15.1 Å². The van der Waals surface area contributed by atoms with Crippen LogP contribution in [-0.4, -0.2) is 135 Å². The van der Waals surface area contributed by atoms with Crippen molar-refractivity contribution in [3.8, 4) is 0 Å². The number of aliphatic hydroxyl groups excluding tert-OH is 2. The van der Waals surface area contributed by atoms with E-state index in [1.54, 1.807) is 6.08 Å². The molecule has 296 valence electrons. The molecule has 1 saturated heterocycles. The molecule has 5 N–H and O–H groups in total. The summed E-state index contributed by atoms with van der Waals surface area (Å²) in [5, 5.41) is 26.2. The zero-order chi connectivity index (χ0) is 38.4. The highest BCUT2D eigenvalue weighted by molar-refractivity contribution is 7.70. The number of rotatable bonds is 25. The topological polar surface area (TPSA) is 238 Å². The van der Waals surface area contributed by atoms with E-state index in [9.17, 15) is 24.2 Å². The van der Waals surface area contributed by atoms with Crippen LogP contribution >= 0.6 is 26.8 Å². The number of halogens is 1. The molecule has 0 saturated carbocycles. The second kappa shape index (κ2) is 21.1. The Morgan fingerprint density at radius 3 is 2.19 bits per heavy atom. The molecule has 1 aromatic carbocycles. The molecule has 21 heteroatoms. The van der Waals surface area contributed by atoms with Crippen molar-refractivity contribution in [2.24, 2.45) is 0 Å². The number of aromatic nitrogens is 4. The maximum Gasteiger partial charge on any atom is 0.340 e. The molecule has 3 aromatic rings. The van der Waals surface area contributed by atoms with E-state index in [1.165, 1.54) is 16.4 Å². The molecule has 0 spiro atoms. The minimum absolute atomic E-state index is 0.132. The highest BCUT2D eigenvalue weighted by Gasteiger charge is 2.46. The van der Waals surface area contributed by atoms with Crippen LogP contribution in [0.3, 0.4) is 0 Å². The fourth-order valence-electron chi connectivity index (χ4n) is 5.43. The summed E-state index contributed by atoms with van der Waals surface area (Å²) in [7, 11) is -9.63. The van der Waals surface area contributed by atoms with Gasteiger partial charge in [0, 0.05) is 13.1 Å². The van der Waals surface area contributed by atoms with E-state index >= 15 is 0 Å². The van der Waals surface area contributed by atoms with Gasteiger partial charge in [-0.15, -0.1) is 6.58 Å². The Kier molecular flexibility index (Phi) is 17.2. The predicted octanol–water partition coefficient (Wildman–Crippen LogP) is 2.65. The molecule has 3 heterocycles. The molecular weight excluding hydrogens is 760 g/mol. The number of hydrogen-bond acceptors (Lipinski definition) is 14. The van der Waals surface area contributed by atoms with E-state index in [0.29, 0.717) is 77.1 Å². The van der Waals surface area contributed by atoms with E-state index in [4.69, 9.17) is 49.6 Å². The molecule has 2 aromatic heterocycles. The normalized spacial score (nSPS) is 20.2. The molecule has 53 heavy (non-hydrogen) atoms. The lowest BCUT2D eigenvalue weighted by atomic mass is 10.1. The molecule has 1 unspecified atom stereocenters. The van der Waals surface area contributed by atoms with Crippen molar-refractivity contribution >= 4 is 43.6 Å². The van der Waals surface area contributed by atoms with Crippen LogP contribution in [0.5, 0.6) is 0 Å². The second-order valence-electron chi connectivity index (χ2n) is 12.1. The summed E-state index contributed by atoms with van der Waals surface area (Å²) in [5.74, 6) is -0.998. The summed E-state index contributed by atoms with van der Waals surface area (Å²) in [6, 6.07) is 8.24. The average Bonchev–Trinajstić information content (AvgIpc) is 3.64. The number of ether oxygens (including phenoxy) is 5. The standard InChI is InChI=1S/C32H48ClN5O13P2/c1-3-5-23-6-8-24(9-7-23)20-37(10-12-47-14-16-49-18-17-48-15-13-46-11-4-2)29-25-19-34-38(30(25)36-32(33)35-29)31-28(40)27(39)26(51-31)21-50-53(44,45)22-52(41,42)43/h4,6-9,19,26-28,31,39-40H,2-3,5,10-18,20-22H2,1H3,(H,44,45)(H2,41,42,43)/t26-,27-,28-,31-/m1/s1. The molecule has 4 rings (SSSR count). The van der Waals surface area contributed by atoms with Crippen molar-refractivity contribution < 1.29 is 62.2 Å². The molecule has 0 aliphatic carbocycles. The minimum Gasteiger partial charge on any atom is -0.387 e. The number of hydrogen-bond donors (Lipinski definition) is 5. The Bertz CT molecular complexity index is 1680. The van der Waals surface area contributed by atoms with Crippen LogP contribution in [0.25, 0.3) is 11.0 Å². The van der Waals surface area contributed by atoms with Crippen molar-refractivity contribution in [1.29, 1.82) is 0 Å². The van der Waals surface area contributed by atoms with Crippen molar-refractivity contribution in [3.63, 3.8) is 0 Å². The van der Waals surface area contributed by atoms with Crippen LogP contribution in [0.15, 0.2) is 43.1 Å². The largest absolute Gasteiger partial charge is 0.387 e. The second-order valence-corrected chi connectivity index (χ2v) is 16.4.